The summed E-state index contributed by atoms with van der Waals surface area (Å²) in [5.74, 6) is -7.40. The van der Waals surface area contributed by atoms with Crippen LogP contribution in [0.3, 0.4) is 0 Å². The van der Waals surface area contributed by atoms with Crippen LogP contribution in [0.1, 0.15) is 121 Å². The lowest BCUT2D eigenvalue weighted by Gasteiger charge is -2.46. The quantitative estimate of drug-likeness (QED) is 0.0200. The van der Waals surface area contributed by atoms with Crippen molar-refractivity contribution in [2.45, 2.75) is 171 Å². The molecule has 8 atom stereocenters. The van der Waals surface area contributed by atoms with Crippen LogP contribution in [0.5, 0.6) is 0 Å². The number of hydroxylamine groups is 2. The van der Waals surface area contributed by atoms with Crippen molar-refractivity contribution in [3.8, 4) is 0 Å². The van der Waals surface area contributed by atoms with E-state index in [1.807, 2.05) is 12.1 Å². The van der Waals surface area contributed by atoms with E-state index >= 15 is 24.0 Å². The number of alkyl halides is 3. The third-order valence-electron chi connectivity index (χ3n) is 17.4. The zero-order valence-electron chi connectivity index (χ0n) is 61.0. The Morgan fingerprint density at radius 1 is 0.514 bits per heavy atom. The Balaban J connectivity index is 1.17. The van der Waals surface area contributed by atoms with E-state index in [2.05, 4.69) is 10.6 Å². The van der Waals surface area contributed by atoms with Crippen LogP contribution in [-0.4, -0.2) is 175 Å². The second kappa shape index (κ2) is 39.0. The standard InChI is InChI=1S/C78H91Cl3N8O18/c1-51(2)65(105-72(95)63(82-74(97)107-77(6,7)8)54(5)100-46-55-30-16-10-17-31-55)64(83-73(96)103-50-78(79,80)81)70(93)87-61(42-28-44-85(87)75(98)101-47-56-32-18-11-19-33-56)69(92)89(104-49-58-36-22-13-23-37-58)53(4)67(90)84(9)52(3)68(91)88-62(43-29-45-86(88)76(99)102-48-57-34-20-12-21-35-57)71(94)106-66(59-38-24-14-25-39-59)60-40-26-15-27-41-60/h10-27,30-41,51-54,61-66H,28-29,42-50H2,1-9H3,(H,82,97)(H,83,96)/t52-,53+,54+,61-,62+,63-,64+,65+/m1/s1. The third kappa shape index (κ3) is 23.8. The van der Waals surface area contributed by atoms with Gasteiger partial charge in [0.25, 0.3) is 17.7 Å². The van der Waals surface area contributed by atoms with Crippen molar-refractivity contribution in [3.63, 3.8) is 0 Å². The van der Waals surface area contributed by atoms with Crippen molar-refractivity contribution >= 4 is 94.7 Å². The van der Waals surface area contributed by atoms with Crippen LogP contribution < -0.4 is 10.6 Å². The third-order valence-corrected chi connectivity index (χ3v) is 17.7. The van der Waals surface area contributed by atoms with Crippen molar-refractivity contribution < 1.29 is 85.9 Å². The molecule has 0 aromatic heterocycles. The van der Waals surface area contributed by atoms with Gasteiger partial charge in [-0.2, -0.15) is 0 Å². The van der Waals surface area contributed by atoms with Gasteiger partial charge < -0.3 is 48.7 Å². The number of rotatable bonds is 28. The first-order valence-electron chi connectivity index (χ1n) is 35.0. The lowest BCUT2D eigenvalue weighted by atomic mass is 9.96. The molecule has 2 aliphatic rings. The summed E-state index contributed by atoms with van der Waals surface area (Å²) in [5.41, 5.74) is 2.52. The normalized spacial score (nSPS) is 16.3. The number of hydrogen-bond donors (Lipinski definition) is 2. The molecule has 2 aliphatic heterocycles. The number of nitrogens with one attached hydrogen (secondary N) is 2. The average Bonchev–Trinajstić information content (AvgIpc) is 0.778. The summed E-state index contributed by atoms with van der Waals surface area (Å²) in [6.07, 6.45) is -8.67. The summed E-state index contributed by atoms with van der Waals surface area (Å²) in [6, 6.07) is 42.1. The minimum absolute atomic E-state index is 0.00913. The lowest BCUT2D eigenvalue weighted by molar-refractivity contribution is -0.219. The molecule has 2 heterocycles. The largest absolute Gasteiger partial charge is 0.458 e. The van der Waals surface area contributed by atoms with E-state index in [9.17, 15) is 24.0 Å². The van der Waals surface area contributed by atoms with Crippen molar-refractivity contribution in [2.24, 2.45) is 5.92 Å². The van der Waals surface area contributed by atoms with E-state index in [0.717, 1.165) is 24.9 Å². The molecule has 2 fully saturated rings. The number of carbonyl (C=O) groups excluding carboxylic acids is 10. The second-order valence-electron chi connectivity index (χ2n) is 27.0. The van der Waals surface area contributed by atoms with Crippen molar-refractivity contribution in [2.75, 3.05) is 26.7 Å². The molecule has 0 saturated carbocycles. The molecule has 6 aromatic rings. The Hall–Kier alpha value is -9.99. The van der Waals surface area contributed by atoms with Gasteiger partial charge in [0.1, 0.15) is 56.3 Å². The molecule has 29 heteroatoms. The van der Waals surface area contributed by atoms with Crippen LogP contribution in [0.25, 0.3) is 0 Å². The fourth-order valence-electron chi connectivity index (χ4n) is 11.8. The minimum Gasteiger partial charge on any atom is -0.458 e. The lowest BCUT2D eigenvalue weighted by Crippen LogP contribution is -2.68. The van der Waals surface area contributed by atoms with Crippen LogP contribution in [0, 0.1) is 5.92 Å². The van der Waals surface area contributed by atoms with Gasteiger partial charge in [-0.15, -0.1) is 0 Å². The Morgan fingerprint density at radius 3 is 1.40 bits per heavy atom. The maximum Gasteiger partial charge on any atom is 0.429 e. The fraction of sp³-hybridized carbons (Fsp3) is 0.410. The van der Waals surface area contributed by atoms with Crippen LogP contribution >= 0.6 is 34.8 Å². The number of alkyl carbamates (subject to hydrolysis) is 2. The molecule has 0 bridgehead atoms. The first-order chi connectivity index (χ1) is 51.0. The monoisotopic (exact) mass is 1530 g/mol. The van der Waals surface area contributed by atoms with Crippen molar-refractivity contribution in [1.82, 2.24) is 40.6 Å². The highest BCUT2D eigenvalue weighted by Crippen LogP contribution is 2.33. The first-order valence-corrected chi connectivity index (χ1v) is 36.2. The Kier molecular flexibility index (Phi) is 30.2. The van der Waals surface area contributed by atoms with Gasteiger partial charge in [-0.05, 0) is 107 Å². The number of likely N-dealkylation sites (N-methyl/N-ethyl adjacent to an activating group) is 1. The number of nitrogens with zero attached hydrogens (tertiary/aromatic N) is 6. The van der Waals surface area contributed by atoms with Gasteiger partial charge in [0.15, 0.2) is 24.2 Å². The SMILES string of the molecule is CC(C)[C@H](OC(=O)[C@H](NC(=O)OC(C)(C)C)[C@H](C)OCc1ccccc1)[C@H](NC(=O)OCC(Cl)(Cl)Cl)C(=O)N1[C@@H](C(=O)N(OCc2ccccc2)[C@@H](C)C(=O)N(C)[C@H](C)C(=O)N2[C@H](C(=O)OC(c3ccccc3)c3ccccc3)CCCN2C(=O)OCc2ccccc2)CCCN1C(=O)OCc1ccccc1. The van der Waals surface area contributed by atoms with E-state index in [1.54, 1.807) is 191 Å². The molecule has 2 N–H and O–H groups in total. The van der Waals surface area contributed by atoms with Crippen LogP contribution in [0.4, 0.5) is 19.2 Å². The maximum atomic E-state index is 16.4. The van der Waals surface area contributed by atoms with E-state index < -0.39 is 143 Å². The zero-order chi connectivity index (χ0) is 77.5. The van der Waals surface area contributed by atoms with Gasteiger partial charge in [-0.1, -0.05) is 231 Å². The van der Waals surface area contributed by atoms with Gasteiger partial charge in [-0.25, -0.2) is 53.9 Å². The van der Waals surface area contributed by atoms with E-state index in [1.165, 1.54) is 41.7 Å². The number of ether oxygens (including phenoxy) is 7. The zero-order valence-corrected chi connectivity index (χ0v) is 63.3. The first kappa shape index (κ1) is 82.7. The number of carbonyl (C=O) groups is 10. The number of esters is 2. The Labute approximate surface area is 637 Å². The molecule has 8 amide bonds. The highest BCUT2D eigenvalue weighted by Gasteiger charge is 2.51. The summed E-state index contributed by atoms with van der Waals surface area (Å²) in [7, 11) is 1.27. The molecule has 0 spiro atoms. The number of hydrazine groups is 2. The Bertz CT molecular complexity index is 3900. The van der Waals surface area contributed by atoms with Gasteiger partial charge in [0.05, 0.1) is 12.7 Å². The molecular formula is C78H91Cl3N8O18. The average molecular weight is 1530 g/mol. The maximum absolute atomic E-state index is 16.4. The molecule has 0 aliphatic carbocycles. The van der Waals surface area contributed by atoms with Crippen LogP contribution in [-0.2, 0) is 93.2 Å². The topological polar surface area (TPSA) is 288 Å². The number of halogens is 3. The summed E-state index contributed by atoms with van der Waals surface area (Å²) >= 11 is 18.1. The van der Waals surface area contributed by atoms with Gasteiger partial charge >= 0.3 is 36.3 Å². The predicted octanol–water partition coefficient (Wildman–Crippen LogP) is 12.1. The summed E-state index contributed by atoms with van der Waals surface area (Å²) in [6.45, 7) is 9.71. The molecule has 0 unspecified atom stereocenters. The van der Waals surface area contributed by atoms with Crippen molar-refractivity contribution in [3.05, 3.63) is 215 Å². The number of amides is 8. The summed E-state index contributed by atoms with van der Waals surface area (Å²) < 4.78 is 39.1. The Morgan fingerprint density at radius 2 is 0.944 bits per heavy atom. The van der Waals surface area contributed by atoms with Gasteiger partial charge in [0.2, 0.25) is 9.70 Å². The van der Waals surface area contributed by atoms with Gasteiger partial charge in [0, 0.05) is 20.1 Å². The molecular weight excluding hydrogens is 1440 g/mol. The summed E-state index contributed by atoms with van der Waals surface area (Å²) in [5, 5.41) is 9.18. The number of benzene rings is 6. The van der Waals surface area contributed by atoms with Crippen molar-refractivity contribution in [1.29, 1.82) is 0 Å². The molecule has 6 aromatic carbocycles. The molecule has 0 radical (unpaired) electrons. The van der Waals surface area contributed by atoms with Gasteiger partial charge in [-0.3, -0.25) is 24.0 Å². The molecule has 572 valence electrons. The molecule has 107 heavy (non-hydrogen) atoms. The second-order valence-corrected chi connectivity index (χ2v) is 29.5. The van der Waals surface area contributed by atoms with Crippen LogP contribution in [0.2, 0.25) is 0 Å². The summed E-state index contributed by atoms with van der Waals surface area (Å²) in [4.78, 5) is 158. The van der Waals surface area contributed by atoms with E-state index in [4.69, 9.17) is 72.8 Å². The predicted molar refractivity (Wildman–Crippen MR) is 394 cm³/mol. The van der Waals surface area contributed by atoms with E-state index in [0.29, 0.717) is 38.4 Å². The molecule has 26 nitrogen and oxygen atoms in total. The number of hydrogen-bond acceptors (Lipinski definition) is 18. The smallest absolute Gasteiger partial charge is 0.429 e. The fourth-order valence-corrected chi connectivity index (χ4v) is 12.0. The molecule has 2 saturated heterocycles. The van der Waals surface area contributed by atoms with E-state index in [-0.39, 0.29) is 58.6 Å². The highest BCUT2D eigenvalue weighted by molar-refractivity contribution is 6.67. The minimum atomic E-state index is -2.20. The highest BCUT2D eigenvalue weighted by atomic mass is 35.6. The van der Waals surface area contributed by atoms with Crippen LogP contribution in [0.15, 0.2) is 182 Å². The molecule has 8 rings (SSSR count).